The van der Waals surface area contributed by atoms with Gasteiger partial charge in [-0.2, -0.15) is 0 Å². The summed E-state index contributed by atoms with van der Waals surface area (Å²) in [6.07, 6.45) is 0. The fourth-order valence-corrected chi connectivity index (χ4v) is 5.12. The fraction of sp³-hybridized carbons (Fsp3) is 0. The third kappa shape index (κ3) is 1.31. The molecule has 94 valence electrons. The Labute approximate surface area is 121 Å². The molecule has 2 nitrogen and oxygen atoms in total. The van der Waals surface area contributed by atoms with E-state index in [-0.39, 0.29) is 14.5 Å². The van der Waals surface area contributed by atoms with Gasteiger partial charge in [-0.15, -0.1) is 0 Å². The Hall–Kier alpha value is -2.09. The van der Waals surface area contributed by atoms with E-state index in [9.17, 15) is 0 Å². The Morgan fingerprint density at radius 3 is 2.60 bits per heavy atom. The number of fused-ring (bicyclic) bond motifs is 6. The predicted octanol–water partition coefficient (Wildman–Crippen LogP) is 4.03. The van der Waals surface area contributed by atoms with Crippen LogP contribution in [0.15, 0.2) is 54.6 Å². The minimum atomic E-state index is 0.261. The van der Waals surface area contributed by atoms with Crippen molar-refractivity contribution in [3.63, 3.8) is 0 Å². The number of benzene rings is 2. The van der Waals surface area contributed by atoms with Gasteiger partial charge >= 0.3 is 121 Å². The number of rotatable bonds is 0. The molecular weight excluding hydrogens is 311 g/mol. The normalized spacial score (nSPS) is 12.0. The number of H-pyrrole nitrogens is 1. The van der Waals surface area contributed by atoms with Crippen LogP contribution in [0.25, 0.3) is 41.7 Å². The predicted molar refractivity (Wildman–Crippen MR) is 84.7 cm³/mol. The quantitative estimate of drug-likeness (QED) is 0.429. The van der Waals surface area contributed by atoms with Gasteiger partial charge in [-0.3, -0.25) is 0 Å². The third-order valence-electron chi connectivity index (χ3n) is 3.84. The molecule has 3 heterocycles. The van der Waals surface area contributed by atoms with Crippen molar-refractivity contribution in [1.82, 2.24) is 9.97 Å². The molecule has 0 saturated carbocycles. The van der Waals surface area contributed by atoms with Crippen LogP contribution in [0.5, 0.6) is 0 Å². The van der Waals surface area contributed by atoms with Crippen molar-refractivity contribution in [2.45, 2.75) is 0 Å². The van der Waals surface area contributed by atoms with Gasteiger partial charge in [0, 0.05) is 0 Å². The summed E-state index contributed by atoms with van der Waals surface area (Å²) in [7, 11) is 0. The molecule has 3 aromatic rings. The van der Waals surface area contributed by atoms with E-state index >= 15 is 0 Å². The first-order valence-electron chi connectivity index (χ1n) is 6.59. The molecule has 5 rings (SSSR count). The van der Waals surface area contributed by atoms with E-state index in [1.807, 2.05) is 0 Å². The van der Waals surface area contributed by atoms with Crippen LogP contribution in [0.4, 0.5) is 0 Å². The number of nitrogens with one attached hydrogen (secondary N) is 1. The fourth-order valence-electron chi connectivity index (χ4n) is 2.90. The molecule has 0 saturated heterocycles. The Bertz CT molecular complexity index is 1050. The van der Waals surface area contributed by atoms with E-state index < -0.39 is 0 Å². The summed E-state index contributed by atoms with van der Waals surface area (Å²) < 4.78 is 2.59. The first kappa shape index (κ1) is 10.7. The Morgan fingerprint density at radius 1 is 0.850 bits per heavy atom. The monoisotopic (exact) mass is 322 g/mol. The average Bonchev–Trinajstić information content (AvgIpc) is 3.02. The standard InChI is InChI=1S/C17H10N2Se/c1-3-7-14-10(5-1)12-9-13-11-6-2-4-8-15(11)19-17(13)20-16(12)18-14/h1-9,18H. The molecule has 1 N–H and O–H groups in total. The summed E-state index contributed by atoms with van der Waals surface area (Å²) in [4.78, 5) is 8.36. The van der Waals surface area contributed by atoms with Crippen LogP contribution in [0, 0.1) is 0 Å². The summed E-state index contributed by atoms with van der Waals surface area (Å²) in [5, 5.41) is 3.95. The molecule has 0 aliphatic carbocycles. The molecular formula is C17H10N2Se. The van der Waals surface area contributed by atoms with E-state index in [1.165, 1.54) is 36.2 Å². The first-order valence-corrected chi connectivity index (χ1v) is 8.30. The van der Waals surface area contributed by atoms with Crippen molar-refractivity contribution >= 4 is 46.1 Å². The molecule has 20 heavy (non-hydrogen) atoms. The van der Waals surface area contributed by atoms with Crippen molar-refractivity contribution < 1.29 is 0 Å². The zero-order valence-corrected chi connectivity index (χ0v) is 12.3. The molecule has 3 heteroatoms. The maximum atomic E-state index is 4.80. The van der Waals surface area contributed by atoms with Gasteiger partial charge in [0.15, 0.2) is 0 Å². The summed E-state index contributed by atoms with van der Waals surface area (Å²) in [6.45, 7) is 0. The van der Waals surface area contributed by atoms with Crippen LogP contribution in [0.1, 0.15) is 0 Å². The van der Waals surface area contributed by atoms with Crippen LogP contribution >= 0.6 is 0 Å². The first-order chi connectivity index (χ1) is 9.90. The van der Waals surface area contributed by atoms with Crippen molar-refractivity contribution in [2.24, 2.45) is 0 Å². The van der Waals surface area contributed by atoms with Crippen LogP contribution in [-0.4, -0.2) is 24.5 Å². The van der Waals surface area contributed by atoms with Crippen LogP contribution < -0.4 is 0 Å². The molecule has 1 aromatic heterocycles. The zero-order chi connectivity index (χ0) is 13.1. The van der Waals surface area contributed by atoms with E-state index in [0.29, 0.717) is 0 Å². The summed E-state index contributed by atoms with van der Waals surface area (Å²) in [5.74, 6) is 0. The van der Waals surface area contributed by atoms with Gasteiger partial charge in [0.1, 0.15) is 0 Å². The molecule has 0 unspecified atom stereocenters. The number of para-hydroxylation sites is 2. The van der Waals surface area contributed by atoms with Gasteiger partial charge in [-0.1, -0.05) is 0 Å². The molecule has 0 atom stereocenters. The Kier molecular flexibility index (Phi) is 1.99. The van der Waals surface area contributed by atoms with Gasteiger partial charge < -0.3 is 0 Å². The summed E-state index contributed by atoms with van der Waals surface area (Å²) in [6, 6.07) is 19.3. The van der Waals surface area contributed by atoms with Crippen molar-refractivity contribution in [2.75, 3.05) is 0 Å². The van der Waals surface area contributed by atoms with E-state index in [2.05, 4.69) is 59.6 Å². The summed E-state index contributed by atoms with van der Waals surface area (Å²) in [5.41, 5.74) is 3.66. The average molecular weight is 321 g/mol. The molecule has 0 radical (unpaired) electrons. The minimum absolute atomic E-state index is 0.261. The zero-order valence-electron chi connectivity index (χ0n) is 10.6. The van der Waals surface area contributed by atoms with Crippen molar-refractivity contribution in [3.8, 4) is 10.1 Å². The van der Waals surface area contributed by atoms with E-state index in [0.717, 1.165) is 5.52 Å². The second kappa shape index (κ2) is 3.72. The van der Waals surface area contributed by atoms with Crippen LogP contribution in [0.2, 0.25) is 0 Å². The van der Waals surface area contributed by atoms with Crippen LogP contribution in [0.3, 0.4) is 0 Å². The maximum absolute atomic E-state index is 4.80. The van der Waals surface area contributed by atoms with Crippen molar-refractivity contribution in [3.05, 3.63) is 54.6 Å². The molecule has 0 bridgehead atoms. The SMILES string of the molecule is c1ccc2c3cc4c([nH]c5ccccc54)[se]c-3nc2c1. The number of hydrogen-bond acceptors (Lipinski definition) is 1. The number of aromatic nitrogens is 2. The van der Waals surface area contributed by atoms with Gasteiger partial charge in [0.2, 0.25) is 0 Å². The molecule has 0 amide bonds. The third-order valence-corrected chi connectivity index (χ3v) is 6.01. The van der Waals surface area contributed by atoms with E-state index in [1.54, 1.807) is 0 Å². The molecule has 2 aliphatic heterocycles. The van der Waals surface area contributed by atoms with Gasteiger partial charge in [-0.05, 0) is 0 Å². The van der Waals surface area contributed by atoms with Gasteiger partial charge in [-0.25, -0.2) is 0 Å². The number of aromatic amines is 1. The second-order valence-corrected chi connectivity index (χ2v) is 7.10. The second-order valence-electron chi connectivity index (χ2n) is 5.01. The van der Waals surface area contributed by atoms with E-state index in [4.69, 9.17) is 4.98 Å². The Balaban J connectivity index is 2.04. The molecule has 0 spiro atoms. The van der Waals surface area contributed by atoms with Crippen molar-refractivity contribution in [1.29, 1.82) is 0 Å². The molecule has 2 aliphatic rings. The summed E-state index contributed by atoms with van der Waals surface area (Å²) >= 11 is 0.261. The topological polar surface area (TPSA) is 28.7 Å². The van der Waals surface area contributed by atoms with Gasteiger partial charge in [0.05, 0.1) is 0 Å². The van der Waals surface area contributed by atoms with Gasteiger partial charge in [0.25, 0.3) is 0 Å². The molecule has 0 fully saturated rings. The number of hydrogen-bond donors (Lipinski definition) is 1. The van der Waals surface area contributed by atoms with Crippen LogP contribution in [-0.2, 0) is 0 Å². The molecule has 2 aromatic carbocycles. The number of nitrogens with zero attached hydrogens (tertiary/aromatic N) is 1. The Morgan fingerprint density at radius 2 is 1.65 bits per heavy atom.